The fraction of sp³-hybridized carbons (Fsp3) is 0.727. The molecule has 0 aromatic rings. The minimum absolute atomic E-state index is 0.0837. The number of carbonyl (C=O) groups excluding carboxylic acids is 1. The molecule has 0 aliphatic rings. The molecule has 0 radical (unpaired) electrons. The van der Waals surface area contributed by atoms with Crippen LogP contribution in [0.2, 0.25) is 0 Å². The van der Waals surface area contributed by atoms with E-state index in [2.05, 4.69) is 25.7 Å². The maximum absolute atomic E-state index is 11.2. The highest BCUT2D eigenvalue weighted by atomic mass is 16.1. The Labute approximate surface area is 86.8 Å². The fourth-order valence-electron chi connectivity index (χ4n) is 1.18. The minimum atomic E-state index is -0.137. The molecule has 3 N–H and O–H groups in total. The summed E-state index contributed by atoms with van der Waals surface area (Å²) in [5.74, 6) is -0.0837. The van der Waals surface area contributed by atoms with Crippen LogP contribution in [0.15, 0.2) is 12.2 Å². The molecule has 0 atom stereocenters. The molecule has 0 fully saturated rings. The van der Waals surface area contributed by atoms with E-state index in [0.29, 0.717) is 12.1 Å². The predicted molar refractivity (Wildman–Crippen MR) is 59.9 cm³/mol. The summed E-state index contributed by atoms with van der Waals surface area (Å²) in [6.45, 7) is 10.0. The van der Waals surface area contributed by atoms with Gasteiger partial charge in [-0.1, -0.05) is 20.4 Å². The van der Waals surface area contributed by atoms with Gasteiger partial charge in [0.2, 0.25) is 5.91 Å². The van der Waals surface area contributed by atoms with Crippen LogP contribution in [0.3, 0.4) is 0 Å². The van der Waals surface area contributed by atoms with Crippen molar-refractivity contribution in [2.45, 2.75) is 45.6 Å². The molecule has 0 aliphatic carbocycles. The van der Waals surface area contributed by atoms with E-state index in [4.69, 9.17) is 5.73 Å². The lowest BCUT2D eigenvalue weighted by Gasteiger charge is -2.26. The maximum Gasteiger partial charge on any atom is 0.246 e. The van der Waals surface area contributed by atoms with E-state index in [9.17, 15) is 4.79 Å². The smallest absolute Gasteiger partial charge is 0.246 e. The lowest BCUT2D eigenvalue weighted by molar-refractivity contribution is -0.117. The maximum atomic E-state index is 11.2. The van der Waals surface area contributed by atoms with Crippen LogP contribution in [0.4, 0.5) is 0 Å². The Bertz CT molecular complexity index is 207. The first-order valence-electron chi connectivity index (χ1n) is 5.17. The van der Waals surface area contributed by atoms with Crippen LogP contribution < -0.4 is 11.1 Å². The van der Waals surface area contributed by atoms with Gasteiger partial charge >= 0.3 is 0 Å². The van der Waals surface area contributed by atoms with Crippen molar-refractivity contribution in [3.63, 3.8) is 0 Å². The monoisotopic (exact) mass is 198 g/mol. The van der Waals surface area contributed by atoms with Gasteiger partial charge in [0.15, 0.2) is 0 Å². The Morgan fingerprint density at radius 1 is 1.43 bits per heavy atom. The summed E-state index contributed by atoms with van der Waals surface area (Å²) in [5, 5.41) is 2.79. The van der Waals surface area contributed by atoms with Crippen molar-refractivity contribution < 1.29 is 4.79 Å². The average Bonchev–Trinajstić information content (AvgIpc) is 2.17. The molecule has 0 saturated heterocycles. The Hall–Kier alpha value is -0.830. The van der Waals surface area contributed by atoms with Crippen molar-refractivity contribution in [3.8, 4) is 0 Å². The molecule has 0 heterocycles. The normalized spacial score (nSPS) is 11.1. The number of nitrogens with two attached hydrogens (primary N) is 1. The molecule has 0 saturated carbocycles. The van der Waals surface area contributed by atoms with Crippen molar-refractivity contribution in [3.05, 3.63) is 12.2 Å². The Balaban J connectivity index is 3.83. The van der Waals surface area contributed by atoms with Crippen LogP contribution >= 0.6 is 0 Å². The second-order valence-corrected chi connectivity index (χ2v) is 3.86. The molecule has 0 spiro atoms. The summed E-state index contributed by atoms with van der Waals surface area (Å²) in [7, 11) is 0. The molecule has 82 valence electrons. The average molecular weight is 198 g/mol. The summed E-state index contributed by atoms with van der Waals surface area (Å²) in [5.41, 5.74) is 6.49. The van der Waals surface area contributed by atoms with Gasteiger partial charge in [0.25, 0.3) is 0 Å². The highest BCUT2D eigenvalue weighted by Gasteiger charge is 2.19. The van der Waals surface area contributed by atoms with Crippen LogP contribution in [-0.4, -0.2) is 18.0 Å². The quantitative estimate of drug-likeness (QED) is 0.637. The van der Waals surface area contributed by atoms with Crippen molar-refractivity contribution >= 4 is 5.91 Å². The molecule has 0 bridgehead atoms. The SMILES string of the molecule is C=C(C)C(=O)NCCC(N)(CC)CC. The summed E-state index contributed by atoms with van der Waals surface area (Å²) in [6, 6.07) is 0. The van der Waals surface area contributed by atoms with Gasteiger partial charge in [0.1, 0.15) is 0 Å². The van der Waals surface area contributed by atoms with Crippen LogP contribution in [0.25, 0.3) is 0 Å². The second kappa shape index (κ2) is 5.81. The third kappa shape index (κ3) is 4.42. The van der Waals surface area contributed by atoms with Gasteiger partial charge in [-0.3, -0.25) is 4.79 Å². The van der Waals surface area contributed by atoms with E-state index in [1.807, 2.05) is 0 Å². The highest BCUT2D eigenvalue weighted by molar-refractivity contribution is 5.91. The molecule has 0 unspecified atom stereocenters. The summed E-state index contributed by atoms with van der Waals surface area (Å²) >= 11 is 0. The van der Waals surface area contributed by atoms with Crippen LogP contribution in [0.1, 0.15) is 40.0 Å². The summed E-state index contributed by atoms with van der Waals surface area (Å²) in [6.07, 6.45) is 2.69. The third-order valence-electron chi connectivity index (χ3n) is 2.70. The fourth-order valence-corrected chi connectivity index (χ4v) is 1.18. The van der Waals surface area contributed by atoms with E-state index in [1.54, 1.807) is 6.92 Å². The molecule has 14 heavy (non-hydrogen) atoms. The number of hydrogen-bond donors (Lipinski definition) is 2. The standard InChI is InChI=1S/C11H22N2O/c1-5-11(12,6-2)7-8-13-10(14)9(3)4/h3,5-8,12H2,1-2,4H3,(H,13,14). The largest absolute Gasteiger partial charge is 0.352 e. The van der Waals surface area contributed by atoms with Crippen LogP contribution in [0, 0.1) is 0 Å². The number of amides is 1. The van der Waals surface area contributed by atoms with Gasteiger partial charge < -0.3 is 11.1 Å². The third-order valence-corrected chi connectivity index (χ3v) is 2.70. The molecule has 0 aliphatic heterocycles. The van der Waals surface area contributed by atoms with Gasteiger partial charge in [-0.2, -0.15) is 0 Å². The Morgan fingerprint density at radius 2 is 1.93 bits per heavy atom. The lowest BCUT2D eigenvalue weighted by Crippen LogP contribution is -2.42. The Morgan fingerprint density at radius 3 is 2.29 bits per heavy atom. The van der Waals surface area contributed by atoms with E-state index in [1.165, 1.54) is 0 Å². The van der Waals surface area contributed by atoms with E-state index in [-0.39, 0.29) is 11.4 Å². The number of carbonyl (C=O) groups is 1. The topological polar surface area (TPSA) is 55.1 Å². The number of nitrogens with one attached hydrogen (secondary N) is 1. The van der Waals surface area contributed by atoms with Gasteiger partial charge in [-0.15, -0.1) is 0 Å². The van der Waals surface area contributed by atoms with Crippen molar-refractivity contribution in [1.29, 1.82) is 0 Å². The highest BCUT2D eigenvalue weighted by Crippen LogP contribution is 2.14. The molecule has 0 aromatic heterocycles. The summed E-state index contributed by atoms with van der Waals surface area (Å²) in [4.78, 5) is 11.2. The summed E-state index contributed by atoms with van der Waals surface area (Å²) < 4.78 is 0. The van der Waals surface area contributed by atoms with Crippen molar-refractivity contribution in [2.75, 3.05) is 6.54 Å². The van der Waals surface area contributed by atoms with E-state index < -0.39 is 0 Å². The Kier molecular flexibility index (Phi) is 5.46. The number of rotatable bonds is 6. The van der Waals surface area contributed by atoms with Crippen molar-refractivity contribution in [1.82, 2.24) is 5.32 Å². The molecule has 0 aromatic carbocycles. The van der Waals surface area contributed by atoms with E-state index in [0.717, 1.165) is 19.3 Å². The van der Waals surface area contributed by atoms with Gasteiger partial charge in [-0.05, 0) is 26.2 Å². The minimum Gasteiger partial charge on any atom is -0.352 e. The zero-order chi connectivity index (χ0) is 11.2. The predicted octanol–water partition coefficient (Wildman–Crippen LogP) is 1.59. The van der Waals surface area contributed by atoms with Gasteiger partial charge in [-0.25, -0.2) is 0 Å². The first-order chi connectivity index (χ1) is 6.45. The molecular weight excluding hydrogens is 176 g/mol. The first-order valence-corrected chi connectivity index (χ1v) is 5.17. The first kappa shape index (κ1) is 13.2. The van der Waals surface area contributed by atoms with Gasteiger partial charge in [0, 0.05) is 17.7 Å². The van der Waals surface area contributed by atoms with Gasteiger partial charge in [0.05, 0.1) is 0 Å². The van der Waals surface area contributed by atoms with Crippen molar-refractivity contribution in [2.24, 2.45) is 5.73 Å². The molecular formula is C11H22N2O. The molecule has 1 amide bonds. The second-order valence-electron chi connectivity index (χ2n) is 3.86. The zero-order valence-corrected chi connectivity index (χ0v) is 9.52. The lowest BCUT2D eigenvalue weighted by atomic mass is 9.90. The molecule has 0 rings (SSSR count). The van der Waals surface area contributed by atoms with Crippen LogP contribution in [0.5, 0.6) is 0 Å². The zero-order valence-electron chi connectivity index (χ0n) is 9.52. The van der Waals surface area contributed by atoms with E-state index >= 15 is 0 Å². The van der Waals surface area contributed by atoms with Crippen LogP contribution in [-0.2, 0) is 4.79 Å². The molecule has 3 nitrogen and oxygen atoms in total. The molecule has 3 heteroatoms. The number of hydrogen-bond acceptors (Lipinski definition) is 2.